The van der Waals surface area contributed by atoms with E-state index in [0.717, 1.165) is 0 Å². The lowest BCUT2D eigenvalue weighted by Gasteiger charge is -2.34. The van der Waals surface area contributed by atoms with E-state index in [9.17, 15) is 14.4 Å². The van der Waals surface area contributed by atoms with Crippen molar-refractivity contribution in [2.75, 3.05) is 51.5 Å². The van der Waals surface area contributed by atoms with Crippen LogP contribution >= 0.6 is 0 Å². The van der Waals surface area contributed by atoms with Gasteiger partial charge in [-0.2, -0.15) is 0 Å². The van der Waals surface area contributed by atoms with E-state index in [-0.39, 0.29) is 25.4 Å². The van der Waals surface area contributed by atoms with Gasteiger partial charge in [-0.1, -0.05) is 12.1 Å². The number of nitrogens with zero attached hydrogens (tertiary/aromatic N) is 2. The van der Waals surface area contributed by atoms with Gasteiger partial charge in [-0.05, 0) is 31.2 Å². The highest BCUT2D eigenvalue weighted by Crippen LogP contribution is 2.35. The van der Waals surface area contributed by atoms with Gasteiger partial charge in [0.15, 0.2) is 18.1 Å². The highest BCUT2D eigenvalue weighted by atomic mass is 16.7. The normalized spacial score (nSPS) is 14.6. The van der Waals surface area contributed by atoms with Crippen molar-refractivity contribution in [3.63, 3.8) is 0 Å². The number of carbonyl (C=O) groups is 3. The summed E-state index contributed by atoms with van der Waals surface area (Å²) in [6.07, 6.45) is -0.375. The predicted octanol–water partition coefficient (Wildman–Crippen LogP) is 2.35. The quantitative estimate of drug-likeness (QED) is 0.713. The van der Waals surface area contributed by atoms with Crippen molar-refractivity contribution < 1.29 is 33.3 Å². The minimum Gasteiger partial charge on any atom is -0.484 e. The van der Waals surface area contributed by atoms with Gasteiger partial charge in [-0.25, -0.2) is 4.79 Å². The van der Waals surface area contributed by atoms with Crippen molar-refractivity contribution in [2.24, 2.45) is 0 Å². The summed E-state index contributed by atoms with van der Waals surface area (Å²) in [7, 11) is 0. The molecule has 0 bridgehead atoms. The fourth-order valence-corrected chi connectivity index (χ4v) is 3.56. The molecule has 0 aromatic heterocycles. The molecule has 33 heavy (non-hydrogen) atoms. The Hall–Kier alpha value is -3.95. The van der Waals surface area contributed by atoms with Crippen molar-refractivity contribution >= 4 is 23.6 Å². The first-order valence-corrected chi connectivity index (χ1v) is 10.7. The molecule has 0 aliphatic carbocycles. The van der Waals surface area contributed by atoms with E-state index in [1.807, 2.05) is 0 Å². The summed E-state index contributed by atoms with van der Waals surface area (Å²) in [4.78, 5) is 40.7. The molecule has 2 aliphatic heterocycles. The largest absolute Gasteiger partial charge is 0.484 e. The first-order chi connectivity index (χ1) is 16.0. The third-order valence-corrected chi connectivity index (χ3v) is 5.24. The van der Waals surface area contributed by atoms with Gasteiger partial charge < -0.3 is 34.1 Å². The number of amides is 3. The van der Waals surface area contributed by atoms with E-state index in [0.29, 0.717) is 61.3 Å². The van der Waals surface area contributed by atoms with Crippen LogP contribution < -0.4 is 19.5 Å². The molecule has 3 amide bonds. The number of hydrogen-bond acceptors (Lipinski definition) is 7. The topological polar surface area (TPSA) is 107 Å². The van der Waals surface area contributed by atoms with Gasteiger partial charge in [0.05, 0.1) is 17.9 Å². The SMILES string of the molecule is CCOC(=O)N1CCN(C(=O)c2ccccc2NC(=O)COc2ccc3c(c2)OCO3)CC1. The average molecular weight is 455 g/mol. The number of anilines is 1. The second-order valence-electron chi connectivity index (χ2n) is 7.38. The Bertz CT molecular complexity index is 1030. The predicted molar refractivity (Wildman–Crippen MR) is 118 cm³/mol. The second-order valence-corrected chi connectivity index (χ2v) is 7.38. The van der Waals surface area contributed by atoms with E-state index < -0.39 is 5.91 Å². The molecule has 2 aromatic carbocycles. The first kappa shape index (κ1) is 22.3. The zero-order valence-electron chi connectivity index (χ0n) is 18.2. The number of hydrogen-bond donors (Lipinski definition) is 1. The summed E-state index contributed by atoms with van der Waals surface area (Å²) < 4.78 is 21.1. The Morgan fingerprint density at radius 2 is 1.70 bits per heavy atom. The van der Waals surface area contributed by atoms with Crippen molar-refractivity contribution in [3.05, 3.63) is 48.0 Å². The van der Waals surface area contributed by atoms with Crippen LogP contribution in [0.1, 0.15) is 17.3 Å². The van der Waals surface area contributed by atoms with Crippen LogP contribution in [0.2, 0.25) is 0 Å². The van der Waals surface area contributed by atoms with Crippen LogP contribution in [0.25, 0.3) is 0 Å². The molecule has 1 fully saturated rings. The molecule has 2 heterocycles. The molecular formula is C23H25N3O7. The summed E-state index contributed by atoms with van der Waals surface area (Å²) in [5, 5.41) is 2.74. The van der Waals surface area contributed by atoms with Gasteiger partial charge in [-0.3, -0.25) is 9.59 Å². The smallest absolute Gasteiger partial charge is 0.409 e. The van der Waals surface area contributed by atoms with Crippen LogP contribution in [-0.2, 0) is 9.53 Å². The van der Waals surface area contributed by atoms with Crippen LogP contribution in [0.4, 0.5) is 10.5 Å². The van der Waals surface area contributed by atoms with Gasteiger partial charge in [-0.15, -0.1) is 0 Å². The minimum absolute atomic E-state index is 0.155. The molecule has 0 saturated carbocycles. The van der Waals surface area contributed by atoms with Gasteiger partial charge >= 0.3 is 6.09 Å². The van der Waals surface area contributed by atoms with Gasteiger partial charge in [0, 0.05) is 32.2 Å². The summed E-state index contributed by atoms with van der Waals surface area (Å²) in [5.74, 6) is 1.04. The summed E-state index contributed by atoms with van der Waals surface area (Å²) in [5.41, 5.74) is 0.771. The number of carbonyl (C=O) groups excluding carboxylic acids is 3. The monoisotopic (exact) mass is 455 g/mol. The first-order valence-electron chi connectivity index (χ1n) is 10.7. The standard InChI is InChI=1S/C23H25N3O7/c1-2-30-23(29)26-11-9-25(10-12-26)22(28)17-5-3-4-6-18(17)24-21(27)14-31-16-7-8-19-20(13-16)33-15-32-19/h3-8,13H,2,9-12,14-15H2,1H3,(H,24,27). The van der Waals surface area contributed by atoms with Crippen LogP contribution in [0, 0.1) is 0 Å². The Morgan fingerprint density at radius 1 is 0.970 bits per heavy atom. The third-order valence-electron chi connectivity index (χ3n) is 5.24. The van der Waals surface area contributed by atoms with E-state index in [1.165, 1.54) is 0 Å². The van der Waals surface area contributed by atoms with Crippen molar-refractivity contribution in [1.29, 1.82) is 0 Å². The van der Waals surface area contributed by atoms with Crippen LogP contribution in [-0.4, -0.2) is 73.9 Å². The molecular weight excluding hydrogens is 430 g/mol. The Balaban J connectivity index is 1.34. The number of ether oxygens (including phenoxy) is 4. The molecule has 4 rings (SSSR count). The molecule has 2 aliphatic rings. The van der Waals surface area contributed by atoms with Gasteiger partial charge in [0.1, 0.15) is 5.75 Å². The fraction of sp³-hybridized carbons (Fsp3) is 0.348. The van der Waals surface area contributed by atoms with Gasteiger partial charge in [0.25, 0.3) is 11.8 Å². The van der Waals surface area contributed by atoms with E-state index in [4.69, 9.17) is 18.9 Å². The minimum atomic E-state index is -0.403. The van der Waals surface area contributed by atoms with Crippen molar-refractivity contribution in [2.45, 2.75) is 6.92 Å². The molecule has 10 heteroatoms. The van der Waals surface area contributed by atoms with Gasteiger partial charge in [0.2, 0.25) is 6.79 Å². The number of benzene rings is 2. The molecule has 2 aromatic rings. The van der Waals surface area contributed by atoms with E-state index in [1.54, 1.807) is 59.2 Å². The fourth-order valence-electron chi connectivity index (χ4n) is 3.56. The summed E-state index contributed by atoms with van der Waals surface area (Å²) >= 11 is 0. The maximum Gasteiger partial charge on any atom is 0.409 e. The second kappa shape index (κ2) is 10.1. The highest BCUT2D eigenvalue weighted by molar-refractivity contribution is 6.04. The molecule has 1 saturated heterocycles. The van der Waals surface area contributed by atoms with Crippen molar-refractivity contribution in [3.8, 4) is 17.2 Å². The number of rotatable bonds is 6. The third kappa shape index (κ3) is 5.28. The number of fused-ring (bicyclic) bond motifs is 1. The van der Waals surface area contributed by atoms with Crippen LogP contribution in [0.15, 0.2) is 42.5 Å². The number of piperazine rings is 1. The molecule has 174 valence electrons. The van der Waals surface area contributed by atoms with E-state index in [2.05, 4.69) is 5.32 Å². The zero-order valence-corrected chi connectivity index (χ0v) is 18.2. The summed E-state index contributed by atoms with van der Waals surface area (Å²) in [6.45, 7) is 3.53. The number of para-hydroxylation sites is 1. The average Bonchev–Trinajstić information content (AvgIpc) is 3.31. The van der Waals surface area contributed by atoms with Crippen molar-refractivity contribution in [1.82, 2.24) is 9.80 Å². The lowest BCUT2D eigenvalue weighted by Crippen LogP contribution is -2.50. The lowest BCUT2D eigenvalue weighted by molar-refractivity contribution is -0.118. The highest BCUT2D eigenvalue weighted by Gasteiger charge is 2.27. The Morgan fingerprint density at radius 3 is 2.48 bits per heavy atom. The zero-order chi connectivity index (χ0) is 23.2. The molecule has 0 atom stereocenters. The lowest BCUT2D eigenvalue weighted by atomic mass is 10.1. The molecule has 0 unspecified atom stereocenters. The van der Waals surface area contributed by atoms with Crippen LogP contribution in [0.3, 0.4) is 0 Å². The molecule has 0 radical (unpaired) electrons. The molecule has 0 spiro atoms. The molecule has 1 N–H and O–H groups in total. The summed E-state index contributed by atoms with van der Waals surface area (Å²) in [6, 6.07) is 11.9. The number of nitrogens with one attached hydrogen (secondary N) is 1. The molecule has 10 nitrogen and oxygen atoms in total. The Labute approximate surface area is 190 Å². The van der Waals surface area contributed by atoms with E-state index >= 15 is 0 Å². The maximum atomic E-state index is 13.1. The Kier molecular flexibility index (Phi) is 6.82. The maximum absolute atomic E-state index is 13.1. The van der Waals surface area contributed by atoms with Crippen LogP contribution in [0.5, 0.6) is 17.2 Å².